The van der Waals surface area contributed by atoms with E-state index in [0.717, 1.165) is 31.5 Å². The predicted molar refractivity (Wildman–Crippen MR) is 136 cm³/mol. The third-order valence-corrected chi connectivity index (χ3v) is 4.48. The lowest BCUT2D eigenvalue weighted by Gasteiger charge is -2.10. The number of hydrogen-bond donors (Lipinski definition) is 2. The number of ether oxygens (including phenoxy) is 1. The lowest BCUT2D eigenvalue weighted by molar-refractivity contribution is -0.137. The minimum absolute atomic E-state index is 0.100. The minimum atomic E-state index is -0.285. The van der Waals surface area contributed by atoms with Gasteiger partial charge < -0.3 is 25.6 Å². The number of hydrogen-bond acceptors (Lipinski definition) is 6. The van der Waals surface area contributed by atoms with E-state index in [1.807, 2.05) is 70.7 Å². The van der Waals surface area contributed by atoms with Crippen molar-refractivity contribution in [1.29, 1.82) is 0 Å². The number of rotatable bonds is 11. The summed E-state index contributed by atoms with van der Waals surface area (Å²) >= 11 is 0. The maximum atomic E-state index is 11.7. The van der Waals surface area contributed by atoms with E-state index in [1.165, 1.54) is 6.08 Å². The maximum Gasteiger partial charge on any atom is 0.330 e. The first-order chi connectivity index (χ1) is 15.8. The van der Waals surface area contributed by atoms with Gasteiger partial charge in [-0.25, -0.2) is 4.79 Å². The number of carbonyl (C=O) groups excluding carboxylic acids is 2. The van der Waals surface area contributed by atoms with Crippen molar-refractivity contribution >= 4 is 23.6 Å². The molecule has 0 unspecified atom stereocenters. The Labute approximate surface area is 198 Å². The molecule has 0 saturated carbocycles. The zero-order valence-electron chi connectivity index (χ0n) is 20.3. The summed E-state index contributed by atoms with van der Waals surface area (Å²) in [7, 11) is 8.02. The highest BCUT2D eigenvalue weighted by atomic mass is 16.5. The molecule has 0 radical (unpaired) electrons. The van der Waals surface area contributed by atoms with Crippen LogP contribution in [0.25, 0.3) is 6.08 Å². The van der Waals surface area contributed by atoms with Gasteiger partial charge in [-0.1, -0.05) is 42.5 Å². The molecule has 2 aromatic rings. The Morgan fingerprint density at radius 3 is 2.15 bits per heavy atom. The number of nitrogens with two attached hydrogens (primary N) is 1. The first kappa shape index (κ1) is 27.9. The van der Waals surface area contributed by atoms with Gasteiger partial charge in [0.1, 0.15) is 0 Å². The summed E-state index contributed by atoms with van der Waals surface area (Å²) in [6, 6.07) is 16.8. The van der Waals surface area contributed by atoms with Gasteiger partial charge in [0.25, 0.3) is 5.91 Å². The van der Waals surface area contributed by atoms with Crippen LogP contribution >= 0.6 is 0 Å². The summed E-state index contributed by atoms with van der Waals surface area (Å²) in [5.41, 5.74) is 7.77. The Kier molecular flexibility index (Phi) is 13.9. The fourth-order valence-electron chi connectivity index (χ4n) is 2.73. The van der Waals surface area contributed by atoms with Crippen LogP contribution in [0, 0.1) is 0 Å². The van der Waals surface area contributed by atoms with Gasteiger partial charge in [-0.15, -0.1) is 0 Å². The van der Waals surface area contributed by atoms with Crippen molar-refractivity contribution in [3.05, 3.63) is 71.8 Å². The van der Waals surface area contributed by atoms with E-state index in [4.69, 9.17) is 10.5 Å². The molecule has 0 aliphatic rings. The zero-order chi connectivity index (χ0) is 24.5. The first-order valence-electron chi connectivity index (χ1n) is 11.1. The van der Waals surface area contributed by atoms with Gasteiger partial charge in [0, 0.05) is 24.9 Å². The number of para-hydroxylation sites is 1. The zero-order valence-corrected chi connectivity index (χ0v) is 20.3. The molecule has 0 aliphatic heterocycles. The van der Waals surface area contributed by atoms with E-state index in [0.29, 0.717) is 24.4 Å². The van der Waals surface area contributed by atoms with Crippen LogP contribution in [-0.4, -0.2) is 76.1 Å². The molecule has 7 nitrogen and oxygen atoms in total. The second kappa shape index (κ2) is 16.5. The van der Waals surface area contributed by atoms with Crippen LogP contribution in [0.3, 0.4) is 0 Å². The van der Waals surface area contributed by atoms with E-state index in [-0.39, 0.29) is 11.9 Å². The summed E-state index contributed by atoms with van der Waals surface area (Å²) < 4.78 is 5.06. The van der Waals surface area contributed by atoms with Crippen LogP contribution in [0.4, 0.5) is 5.69 Å². The molecule has 2 rings (SSSR count). The molecule has 33 heavy (non-hydrogen) atoms. The Bertz CT molecular complexity index is 852. The van der Waals surface area contributed by atoms with Crippen molar-refractivity contribution in [1.82, 2.24) is 15.1 Å². The average molecular weight is 455 g/mol. The Morgan fingerprint density at radius 1 is 0.909 bits per heavy atom. The van der Waals surface area contributed by atoms with Crippen molar-refractivity contribution in [3.63, 3.8) is 0 Å². The molecule has 0 aromatic heterocycles. The largest absolute Gasteiger partial charge is 0.462 e. The SMILES string of the molecule is CN(C)CCCNC(=O)c1ccccc1N.CN(C)CCCOC(=O)C=Cc1ccccc1. The monoisotopic (exact) mass is 454 g/mol. The van der Waals surface area contributed by atoms with E-state index in [1.54, 1.807) is 18.2 Å². The minimum Gasteiger partial charge on any atom is -0.462 e. The average Bonchev–Trinajstić information content (AvgIpc) is 2.79. The second-order valence-electron chi connectivity index (χ2n) is 8.07. The molecular weight excluding hydrogens is 416 g/mol. The van der Waals surface area contributed by atoms with Crippen LogP contribution in [-0.2, 0) is 9.53 Å². The number of nitrogen functional groups attached to an aromatic ring is 1. The van der Waals surface area contributed by atoms with Crippen LogP contribution in [0.2, 0.25) is 0 Å². The second-order valence-corrected chi connectivity index (χ2v) is 8.07. The van der Waals surface area contributed by atoms with Gasteiger partial charge >= 0.3 is 5.97 Å². The summed E-state index contributed by atoms with van der Waals surface area (Å²) in [5.74, 6) is -0.385. The third kappa shape index (κ3) is 13.8. The molecule has 0 atom stereocenters. The van der Waals surface area contributed by atoms with Crippen molar-refractivity contribution in [2.45, 2.75) is 12.8 Å². The van der Waals surface area contributed by atoms with E-state index >= 15 is 0 Å². The molecular formula is C26H38N4O3. The van der Waals surface area contributed by atoms with Gasteiger partial charge in [0.15, 0.2) is 0 Å². The van der Waals surface area contributed by atoms with Crippen LogP contribution < -0.4 is 11.1 Å². The van der Waals surface area contributed by atoms with Crippen LogP contribution in [0.15, 0.2) is 60.7 Å². The third-order valence-electron chi connectivity index (χ3n) is 4.48. The Morgan fingerprint density at radius 2 is 1.52 bits per heavy atom. The number of benzene rings is 2. The first-order valence-corrected chi connectivity index (χ1v) is 11.1. The van der Waals surface area contributed by atoms with Crippen molar-refractivity contribution in [2.75, 3.05) is 60.2 Å². The Hall–Kier alpha value is -3.16. The number of nitrogens with zero attached hydrogens (tertiary/aromatic N) is 2. The number of anilines is 1. The summed E-state index contributed by atoms with van der Waals surface area (Å²) in [4.78, 5) is 27.2. The smallest absolute Gasteiger partial charge is 0.330 e. The number of nitrogens with one attached hydrogen (secondary N) is 1. The van der Waals surface area contributed by atoms with Gasteiger partial charge in [-0.3, -0.25) is 4.79 Å². The fourth-order valence-corrected chi connectivity index (χ4v) is 2.73. The molecule has 2 aromatic carbocycles. The number of carbonyl (C=O) groups is 2. The maximum absolute atomic E-state index is 11.7. The van der Waals surface area contributed by atoms with Gasteiger partial charge in [-0.05, 0) is 71.3 Å². The molecule has 3 N–H and O–H groups in total. The quantitative estimate of drug-likeness (QED) is 0.235. The van der Waals surface area contributed by atoms with E-state index in [9.17, 15) is 9.59 Å². The summed E-state index contributed by atoms with van der Waals surface area (Å²) in [6.45, 7) is 3.03. The van der Waals surface area contributed by atoms with Crippen molar-refractivity contribution < 1.29 is 14.3 Å². The van der Waals surface area contributed by atoms with E-state index in [2.05, 4.69) is 15.1 Å². The van der Waals surface area contributed by atoms with Crippen molar-refractivity contribution in [3.8, 4) is 0 Å². The van der Waals surface area contributed by atoms with Gasteiger partial charge in [-0.2, -0.15) is 0 Å². The van der Waals surface area contributed by atoms with Crippen LogP contribution in [0.1, 0.15) is 28.8 Å². The van der Waals surface area contributed by atoms with E-state index < -0.39 is 0 Å². The molecule has 0 fully saturated rings. The lowest BCUT2D eigenvalue weighted by atomic mass is 10.1. The van der Waals surface area contributed by atoms with Gasteiger partial charge in [0.05, 0.1) is 12.2 Å². The normalized spacial score (nSPS) is 10.7. The molecule has 0 saturated heterocycles. The van der Waals surface area contributed by atoms with Gasteiger partial charge in [0.2, 0.25) is 0 Å². The standard InChI is InChI=1S/C14H19NO2.C12H19N3O/c1-15(2)11-6-12-17-14(16)10-9-13-7-4-3-5-8-13;1-15(2)9-5-8-14-12(16)10-6-3-4-7-11(10)13/h3-5,7-10H,6,11-12H2,1-2H3;3-4,6-7H,5,8-9,13H2,1-2H3,(H,14,16). The number of esters is 1. The lowest BCUT2D eigenvalue weighted by Crippen LogP contribution is -2.27. The highest BCUT2D eigenvalue weighted by Gasteiger charge is 2.07. The topological polar surface area (TPSA) is 87.9 Å². The highest BCUT2D eigenvalue weighted by Crippen LogP contribution is 2.09. The molecule has 0 aliphatic carbocycles. The summed E-state index contributed by atoms with van der Waals surface area (Å²) in [6.07, 6.45) is 5.02. The van der Waals surface area contributed by atoms with Crippen molar-refractivity contribution in [2.24, 2.45) is 0 Å². The molecule has 0 bridgehead atoms. The molecule has 1 amide bonds. The van der Waals surface area contributed by atoms with Crippen LogP contribution in [0.5, 0.6) is 0 Å². The predicted octanol–water partition coefficient (Wildman–Crippen LogP) is 3.15. The Balaban J connectivity index is 0.000000331. The highest BCUT2D eigenvalue weighted by molar-refractivity contribution is 5.99. The molecule has 0 heterocycles. The molecule has 0 spiro atoms. The number of amides is 1. The molecule has 7 heteroatoms. The summed E-state index contributed by atoms with van der Waals surface area (Å²) in [5, 5.41) is 2.85. The molecule has 180 valence electrons. The fraction of sp³-hybridized carbons (Fsp3) is 0.385.